The van der Waals surface area contributed by atoms with Crippen LogP contribution in [0.25, 0.3) is 6.08 Å². The van der Waals surface area contributed by atoms with Gasteiger partial charge in [-0.25, -0.2) is 4.98 Å². The minimum absolute atomic E-state index is 0.154. The van der Waals surface area contributed by atoms with Crippen molar-refractivity contribution in [1.29, 1.82) is 0 Å². The van der Waals surface area contributed by atoms with Crippen molar-refractivity contribution in [2.45, 2.75) is 17.1 Å². The summed E-state index contributed by atoms with van der Waals surface area (Å²) in [7, 11) is 0. The Labute approximate surface area is 184 Å². The molecular formula is C23H20ClN3O2S. The minimum Gasteiger partial charge on any atom is -0.323 e. The average molecular weight is 438 g/mol. The summed E-state index contributed by atoms with van der Waals surface area (Å²) in [5.41, 5.74) is 1.64. The number of thioether (sulfide) groups is 1. The van der Waals surface area contributed by atoms with Crippen molar-refractivity contribution in [3.63, 3.8) is 0 Å². The van der Waals surface area contributed by atoms with Gasteiger partial charge in [0.25, 0.3) is 0 Å². The number of carbonyl (C=O) groups excluding carboxylic acids is 2. The SMILES string of the molecule is CC(Sc1ccc(NC(=O)/C=C/c2ccccc2)cc1)C(=O)Nc1ccc(Cl)cn1. The van der Waals surface area contributed by atoms with Gasteiger partial charge in [-0.2, -0.15) is 0 Å². The minimum atomic E-state index is -0.322. The molecule has 7 heteroatoms. The van der Waals surface area contributed by atoms with E-state index in [0.717, 1.165) is 10.5 Å². The summed E-state index contributed by atoms with van der Waals surface area (Å²) in [6.45, 7) is 1.82. The number of carbonyl (C=O) groups is 2. The van der Waals surface area contributed by atoms with Crippen molar-refractivity contribution in [3.8, 4) is 0 Å². The molecule has 1 heterocycles. The molecule has 0 aliphatic rings. The van der Waals surface area contributed by atoms with Crippen molar-refractivity contribution < 1.29 is 9.59 Å². The molecule has 1 unspecified atom stereocenters. The third kappa shape index (κ3) is 6.76. The fraction of sp³-hybridized carbons (Fsp3) is 0.0870. The smallest absolute Gasteiger partial charge is 0.248 e. The predicted molar refractivity (Wildman–Crippen MR) is 124 cm³/mol. The van der Waals surface area contributed by atoms with Crippen LogP contribution in [0, 0.1) is 0 Å². The maximum absolute atomic E-state index is 12.3. The Morgan fingerprint density at radius 1 is 1.00 bits per heavy atom. The molecule has 30 heavy (non-hydrogen) atoms. The molecule has 1 aromatic heterocycles. The molecule has 0 radical (unpaired) electrons. The lowest BCUT2D eigenvalue weighted by Crippen LogP contribution is -2.22. The van der Waals surface area contributed by atoms with E-state index < -0.39 is 0 Å². The van der Waals surface area contributed by atoms with E-state index in [0.29, 0.717) is 16.5 Å². The molecule has 0 fully saturated rings. The van der Waals surface area contributed by atoms with Crippen LogP contribution in [0.15, 0.2) is 83.9 Å². The molecule has 2 aromatic carbocycles. The fourth-order valence-electron chi connectivity index (χ4n) is 2.47. The lowest BCUT2D eigenvalue weighted by molar-refractivity contribution is -0.115. The van der Waals surface area contributed by atoms with E-state index in [1.54, 1.807) is 18.2 Å². The summed E-state index contributed by atoms with van der Waals surface area (Å²) in [6.07, 6.45) is 4.74. The Bertz CT molecular complexity index is 1020. The number of halogens is 1. The molecule has 0 saturated carbocycles. The first-order valence-corrected chi connectivity index (χ1v) is 10.5. The Morgan fingerprint density at radius 2 is 1.73 bits per heavy atom. The molecule has 0 aliphatic heterocycles. The number of rotatable bonds is 7. The molecule has 5 nitrogen and oxygen atoms in total. The molecular weight excluding hydrogens is 418 g/mol. The first-order chi connectivity index (χ1) is 14.5. The summed E-state index contributed by atoms with van der Waals surface area (Å²) in [4.78, 5) is 29.4. The molecule has 152 valence electrons. The average Bonchev–Trinajstić information content (AvgIpc) is 2.76. The standard InChI is InChI=1S/C23H20ClN3O2S/c1-16(23(29)27-21-13-8-18(24)15-25-21)30-20-11-9-19(10-12-20)26-22(28)14-7-17-5-3-2-4-6-17/h2-16H,1H3,(H,26,28)(H,25,27,29)/b14-7+. The van der Waals surface area contributed by atoms with Gasteiger partial charge >= 0.3 is 0 Å². The van der Waals surface area contributed by atoms with Gasteiger partial charge in [0.2, 0.25) is 11.8 Å². The van der Waals surface area contributed by atoms with E-state index in [1.807, 2.05) is 61.5 Å². The van der Waals surface area contributed by atoms with Gasteiger partial charge in [0, 0.05) is 22.9 Å². The largest absolute Gasteiger partial charge is 0.323 e. The summed E-state index contributed by atoms with van der Waals surface area (Å²) in [5.74, 6) is 0.0965. The molecule has 3 rings (SSSR count). The molecule has 2 N–H and O–H groups in total. The van der Waals surface area contributed by atoms with Gasteiger partial charge in [-0.05, 0) is 55.0 Å². The topological polar surface area (TPSA) is 71.1 Å². The lowest BCUT2D eigenvalue weighted by atomic mass is 10.2. The van der Waals surface area contributed by atoms with Gasteiger partial charge in [-0.15, -0.1) is 11.8 Å². The highest BCUT2D eigenvalue weighted by Gasteiger charge is 2.15. The van der Waals surface area contributed by atoms with Crippen LogP contribution in [-0.2, 0) is 9.59 Å². The molecule has 0 aliphatic carbocycles. The summed E-state index contributed by atoms with van der Waals surface area (Å²) < 4.78 is 0. The van der Waals surface area contributed by atoms with Crippen LogP contribution in [0.4, 0.5) is 11.5 Å². The van der Waals surface area contributed by atoms with Gasteiger partial charge in [0.15, 0.2) is 0 Å². The molecule has 0 bridgehead atoms. The van der Waals surface area contributed by atoms with Crippen LogP contribution >= 0.6 is 23.4 Å². The highest BCUT2D eigenvalue weighted by atomic mass is 35.5. The third-order valence-electron chi connectivity index (χ3n) is 4.01. The molecule has 3 aromatic rings. The zero-order valence-corrected chi connectivity index (χ0v) is 17.8. The number of hydrogen-bond acceptors (Lipinski definition) is 4. The Kier molecular flexibility index (Phi) is 7.65. The number of anilines is 2. The molecule has 1 atom stereocenters. The summed E-state index contributed by atoms with van der Waals surface area (Å²) in [5, 5.41) is 5.77. The van der Waals surface area contributed by atoms with Gasteiger partial charge in [0.05, 0.1) is 10.3 Å². The van der Waals surface area contributed by atoms with Crippen LogP contribution < -0.4 is 10.6 Å². The van der Waals surface area contributed by atoms with Crippen LogP contribution in [0.5, 0.6) is 0 Å². The predicted octanol–water partition coefficient (Wildman–Crippen LogP) is 5.51. The van der Waals surface area contributed by atoms with E-state index >= 15 is 0 Å². The van der Waals surface area contributed by atoms with Gasteiger partial charge in [0.1, 0.15) is 5.82 Å². The van der Waals surface area contributed by atoms with Gasteiger partial charge in [-0.3, -0.25) is 9.59 Å². The van der Waals surface area contributed by atoms with E-state index in [2.05, 4.69) is 15.6 Å². The van der Waals surface area contributed by atoms with Crippen LogP contribution in [-0.4, -0.2) is 22.0 Å². The second kappa shape index (κ2) is 10.6. The van der Waals surface area contributed by atoms with Gasteiger partial charge < -0.3 is 10.6 Å². The zero-order chi connectivity index (χ0) is 21.3. The number of benzene rings is 2. The van der Waals surface area contributed by atoms with Crippen LogP contribution in [0.2, 0.25) is 5.02 Å². The van der Waals surface area contributed by atoms with E-state index in [1.165, 1.54) is 24.0 Å². The third-order valence-corrected chi connectivity index (χ3v) is 5.34. The quantitative estimate of drug-likeness (QED) is 0.378. The lowest BCUT2D eigenvalue weighted by Gasteiger charge is -2.12. The van der Waals surface area contributed by atoms with E-state index in [9.17, 15) is 9.59 Å². The normalized spacial score (nSPS) is 11.8. The van der Waals surface area contributed by atoms with E-state index in [4.69, 9.17) is 11.6 Å². The summed E-state index contributed by atoms with van der Waals surface area (Å²) in [6, 6.07) is 20.3. The first-order valence-electron chi connectivity index (χ1n) is 9.23. The Balaban J connectivity index is 1.51. The highest BCUT2D eigenvalue weighted by Crippen LogP contribution is 2.25. The van der Waals surface area contributed by atoms with Crippen molar-refractivity contribution >= 4 is 52.8 Å². The second-order valence-corrected chi connectivity index (χ2v) is 8.22. The van der Waals surface area contributed by atoms with Crippen LogP contribution in [0.1, 0.15) is 12.5 Å². The maximum atomic E-state index is 12.3. The van der Waals surface area contributed by atoms with Gasteiger partial charge in [-0.1, -0.05) is 41.9 Å². The number of hydrogen-bond donors (Lipinski definition) is 2. The van der Waals surface area contributed by atoms with Crippen LogP contribution in [0.3, 0.4) is 0 Å². The fourth-order valence-corrected chi connectivity index (χ4v) is 3.45. The first kappa shape index (κ1) is 21.6. The molecule has 2 amide bonds. The molecule has 0 spiro atoms. The zero-order valence-electron chi connectivity index (χ0n) is 16.2. The van der Waals surface area contributed by atoms with Crippen molar-refractivity contribution in [2.75, 3.05) is 10.6 Å². The second-order valence-electron chi connectivity index (χ2n) is 6.37. The van der Waals surface area contributed by atoms with Crippen molar-refractivity contribution in [1.82, 2.24) is 4.98 Å². The maximum Gasteiger partial charge on any atom is 0.248 e. The Hall–Kier alpha value is -3.09. The highest BCUT2D eigenvalue weighted by molar-refractivity contribution is 8.00. The number of aromatic nitrogens is 1. The van der Waals surface area contributed by atoms with Crippen molar-refractivity contribution in [2.24, 2.45) is 0 Å². The van der Waals surface area contributed by atoms with E-state index in [-0.39, 0.29) is 17.1 Å². The molecule has 0 saturated heterocycles. The van der Waals surface area contributed by atoms with Crippen molar-refractivity contribution in [3.05, 3.63) is 89.6 Å². The number of amides is 2. The number of pyridine rings is 1. The number of nitrogens with zero attached hydrogens (tertiary/aromatic N) is 1. The Morgan fingerprint density at radius 3 is 2.40 bits per heavy atom. The monoisotopic (exact) mass is 437 g/mol. The number of nitrogens with one attached hydrogen (secondary N) is 2. The summed E-state index contributed by atoms with van der Waals surface area (Å²) >= 11 is 7.22.